The second-order valence-corrected chi connectivity index (χ2v) is 6.98. The summed E-state index contributed by atoms with van der Waals surface area (Å²) in [6.45, 7) is 1.71. The Balaban J connectivity index is 1.59. The average molecular weight is 382 g/mol. The van der Waals surface area contributed by atoms with Crippen LogP contribution in [0.1, 0.15) is 11.9 Å². The molecule has 0 unspecified atom stereocenters. The van der Waals surface area contributed by atoms with E-state index in [2.05, 4.69) is 4.98 Å². The van der Waals surface area contributed by atoms with Gasteiger partial charge in [-0.05, 0) is 37.3 Å². The zero-order chi connectivity index (χ0) is 17.1. The number of para-hydroxylation sites is 1. The van der Waals surface area contributed by atoms with E-state index in [4.69, 9.17) is 32.7 Å². The highest BCUT2D eigenvalue weighted by atomic mass is 35.5. The molecule has 1 atom stereocenters. The summed E-state index contributed by atoms with van der Waals surface area (Å²) in [4.78, 5) is 16.5. The lowest BCUT2D eigenvalue weighted by Crippen LogP contribution is -2.26. The first-order valence-corrected chi connectivity index (χ1v) is 8.73. The maximum atomic E-state index is 12.1. The number of carbonyl (C=O) groups excluding carboxylic acids is 1. The zero-order valence-corrected chi connectivity index (χ0v) is 15.0. The topological polar surface area (TPSA) is 48.4 Å². The number of hydrogen-bond acceptors (Lipinski definition) is 5. The van der Waals surface area contributed by atoms with Gasteiger partial charge in [-0.15, -0.1) is 11.3 Å². The van der Waals surface area contributed by atoms with Gasteiger partial charge in [0, 0.05) is 5.02 Å². The number of rotatable bonds is 5. The van der Waals surface area contributed by atoms with Crippen molar-refractivity contribution >= 4 is 50.7 Å². The first-order chi connectivity index (χ1) is 11.5. The van der Waals surface area contributed by atoms with Gasteiger partial charge in [0.25, 0.3) is 0 Å². The van der Waals surface area contributed by atoms with E-state index in [1.807, 2.05) is 24.3 Å². The minimum atomic E-state index is -0.793. The molecule has 124 valence electrons. The molecular formula is C17H13Cl2NO3S. The van der Waals surface area contributed by atoms with Crippen molar-refractivity contribution in [3.8, 4) is 5.75 Å². The van der Waals surface area contributed by atoms with E-state index in [9.17, 15) is 4.79 Å². The van der Waals surface area contributed by atoms with E-state index in [1.54, 1.807) is 25.1 Å². The fourth-order valence-electron chi connectivity index (χ4n) is 2.04. The molecule has 7 heteroatoms. The number of nitrogens with zero attached hydrogens (tertiary/aromatic N) is 1. The fraction of sp³-hybridized carbons (Fsp3) is 0.176. The number of thiazole rings is 1. The third kappa shape index (κ3) is 3.98. The van der Waals surface area contributed by atoms with E-state index in [1.165, 1.54) is 11.3 Å². The van der Waals surface area contributed by atoms with Gasteiger partial charge in [0.05, 0.1) is 15.2 Å². The normalized spacial score (nSPS) is 12.1. The Morgan fingerprint density at radius 3 is 2.79 bits per heavy atom. The van der Waals surface area contributed by atoms with Crippen molar-refractivity contribution < 1.29 is 14.3 Å². The smallest absolute Gasteiger partial charge is 0.347 e. The molecule has 0 aliphatic heterocycles. The van der Waals surface area contributed by atoms with Crippen LogP contribution in [0.3, 0.4) is 0 Å². The molecule has 3 rings (SSSR count). The van der Waals surface area contributed by atoms with Crippen molar-refractivity contribution in [1.29, 1.82) is 0 Å². The number of esters is 1. The van der Waals surface area contributed by atoms with Crippen molar-refractivity contribution in [3.63, 3.8) is 0 Å². The number of fused-ring (bicyclic) bond motifs is 1. The molecule has 1 heterocycles. The molecule has 0 aliphatic rings. The molecule has 0 fully saturated rings. The van der Waals surface area contributed by atoms with E-state index < -0.39 is 12.1 Å². The summed E-state index contributed by atoms with van der Waals surface area (Å²) in [5, 5.41) is 1.58. The van der Waals surface area contributed by atoms with Crippen LogP contribution in [0, 0.1) is 0 Å². The summed E-state index contributed by atoms with van der Waals surface area (Å²) >= 11 is 13.4. The molecule has 0 N–H and O–H groups in total. The Morgan fingerprint density at radius 2 is 2.04 bits per heavy atom. The Kier molecular flexibility index (Phi) is 5.23. The fourth-order valence-corrected chi connectivity index (χ4v) is 3.37. The summed E-state index contributed by atoms with van der Waals surface area (Å²) < 4.78 is 11.9. The van der Waals surface area contributed by atoms with Crippen LogP contribution in [0.5, 0.6) is 5.75 Å². The van der Waals surface area contributed by atoms with Gasteiger partial charge in [0.1, 0.15) is 17.4 Å². The molecule has 1 aromatic heterocycles. The quantitative estimate of drug-likeness (QED) is 0.575. The van der Waals surface area contributed by atoms with Crippen LogP contribution in [-0.4, -0.2) is 17.1 Å². The van der Waals surface area contributed by atoms with Crippen LogP contribution in [0.15, 0.2) is 42.5 Å². The van der Waals surface area contributed by atoms with Crippen molar-refractivity contribution in [2.24, 2.45) is 0 Å². The highest BCUT2D eigenvalue weighted by molar-refractivity contribution is 7.18. The number of halogens is 2. The van der Waals surface area contributed by atoms with Gasteiger partial charge in [-0.2, -0.15) is 0 Å². The van der Waals surface area contributed by atoms with Crippen molar-refractivity contribution in [3.05, 3.63) is 57.5 Å². The van der Waals surface area contributed by atoms with Gasteiger partial charge in [0.2, 0.25) is 0 Å². The minimum absolute atomic E-state index is 0.111. The maximum absolute atomic E-state index is 12.1. The third-order valence-corrected chi connectivity index (χ3v) is 4.75. The van der Waals surface area contributed by atoms with Crippen molar-refractivity contribution in [2.75, 3.05) is 0 Å². The number of benzene rings is 2. The monoisotopic (exact) mass is 381 g/mol. The molecule has 0 aliphatic carbocycles. The van der Waals surface area contributed by atoms with E-state index in [0.29, 0.717) is 15.8 Å². The van der Waals surface area contributed by atoms with Gasteiger partial charge in [-0.25, -0.2) is 9.78 Å². The molecule has 0 saturated heterocycles. The second kappa shape index (κ2) is 7.38. The second-order valence-electron chi connectivity index (χ2n) is 5.02. The summed E-state index contributed by atoms with van der Waals surface area (Å²) in [6.07, 6.45) is -0.793. The predicted octanol–water partition coefficient (Wildman–Crippen LogP) is 5.11. The molecule has 0 radical (unpaired) electrons. The Morgan fingerprint density at radius 1 is 1.25 bits per heavy atom. The number of carbonyl (C=O) groups is 1. The summed E-state index contributed by atoms with van der Waals surface area (Å²) in [5.74, 6) is -0.106. The predicted molar refractivity (Wildman–Crippen MR) is 96.0 cm³/mol. The Hall–Kier alpha value is -1.82. The lowest BCUT2D eigenvalue weighted by molar-refractivity contribution is -0.152. The highest BCUT2D eigenvalue weighted by Gasteiger charge is 2.18. The third-order valence-electron chi connectivity index (χ3n) is 3.21. The number of hydrogen-bond donors (Lipinski definition) is 0. The number of aromatic nitrogens is 1. The van der Waals surface area contributed by atoms with E-state index in [0.717, 1.165) is 15.2 Å². The van der Waals surface area contributed by atoms with Crippen LogP contribution in [0.4, 0.5) is 0 Å². The van der Waals surface area contributed by atoms with Crippen LogP contribution >= 0.6 is 34.5 Å². The molecule has 0 amide bonds. The highest BCUT2D eigenvalue weighted by Crippen LogP contribution is 2.28. The zero-order valence-electron chi connectivity index (χ0n) is 12.7. The van der Waals surface area contributed by atoms with Crippen molar-refractivity contribution in [1.82, 2.24) is 4.98 Å². The van der Waals surface area contributed by atoms with Crippen LogP contribution in [-0.2, 0) is 16.1 Å². The summed E-state index contributed by atoms with van der Waals surface area (Å²) in [5.41, 5.74) is 0.894. The van der Waals surface area contributed by atoms with Gasteiger partial charge in [0.15, 0.2) is 6.10 Å². The molecule has 0 saturated carbocycles. The lowest BCUT2D eigenvalue weighted by atomic mass is 10.3. The van der Waals surface area contributed by atoms with Gasteiger partial charge >= 0.3 is 5.97 Å². The molecule has 0 bridgehead atoms. The molecule has 2 aromatic carbocycles. The Labute approximate surface area is 152 Å². The average Bonchev–Trinajstić information content (AvgIpc) is 2.98. The molecule has 4 nitrogen and oxygen atoms in total. The largest absolute Gasteiger partial charge is 0.477 e. The lowest BCUT2D eigenvalue weighted by Gasteiger charge is -2.14. The minimum Gasteiger partial charge on any atom is -0.477 e. The van der Waals surface area contributed by atoms with E-state index >= 15 is 0 Å². The first kappa shape index (κ1) is 17.0. The number of ether oxygens (including phenoxy) is 2. The summed E-state index contributed by atoms with van der Waals surface area (Å²) in [6, 6.07) is 12.6. The maximum Gasteiger partial charge on any atom is 0.347 e. The van der Waals surface area contributed by atoms with Crippen LogP contribution < -0.4 is 4.74 Å². The first-order valence-electron chi connectivity index (χ1n) is 7.16. The SMILES string of the molecule is C[C@H](Oc1ccc(Cl)cc1Cl)C(=O)OCc1nc2ccccc2s1. The van der Waals surface area contributed by atoms with Crippen LogP contribution in [0.25, 0.3) is 10.2 Å². The van der Waals surface area contributed by atoms with Crippen molar-refractivity contribution in [2.45, 2.75) is 19.6 Å². The molecule has 0 spiro atoms. The molecular weight excluding hydrogens is 369 g/mol. The van der Waals surface area contributed by atoms with Gasteiger partial charge in [-0.3, -0.25) is 0 Å². The van der Waals surface area contributed by atoms with Gasteiger partial charge in [-0.1, -0.05) is 35.3 Å². The van der Waals surface area contributed by atoms with Gasteiger partial charge < -0.3 is 9.47 Å². The summed E-state index contributed by atoms with van der Waals surface area (Å²) in [7, 11) is 0. The van der Waals surface area contributed by atoms with Crippen LogP contribution in [0.2, 0.25) is 10.0 Å². The standard InChI is InChI=1S/C17H13Cl2NO3S/c1-10(23-14-7-6-11(18)8-12(14)19)17(21)22-9-16-20-13-4-2-3-5-15(13)24-16/h2-8,10H,9H2,1H3/t10-/m0/s1. The van der Waals surface area contributed by atoms with E-state index in [-0.39, 0.29) is 6.61 Å². The molecule has 3 aromatic rings. The Bertz CT molecular complexity index is 848. The molecule has 24 heavy (non-hydrogen) atoms.